The molecule has 0 saturated heterocycles. The molecule has 0 radical (unpaired) electrons. The highest BCUT2D eigenvalue weighted by atomic mass is 19.3. The third-order valence-corrected chi connectivity index (χ3v) is 4.69. The lowest BCUT2D eigenvalue weighted by atomic mass is 9.81. The lowest BCUT2D eigenvalue weighted by Crippen LogP contribution is -2.59. The molecule has 1 heterocycles. The largest absolute Gasteiger partial charge is 0.466 e. The molecule has 1 unspecified atom stereocenters. The SMILES string of the molecule is CCOC(=O)CCc1ccc(C(F)(F)C(N)(CN(N)/C=N\N)c2ccc(F)cc2F)nc1. The topological polar surface area (TPSA) is 133 Å². The molecule has 1 aromatic heterocycles. The Morgan fingerprint density at radius 1 is 1.28 bits per heavy atom. The number of hydrogen-bond acceptors (Lipinski definition) is 7. The molecule has 0 amide bonds. The molecule has 1 atom stereocenters. The van der Waals surface area contributed by atoms with Crippen molar-refractivity contribution in [1.82, 2.24) is 9.99 Å². The van der Waals surface area contributed by atoms with Gasteiger partial charge in [0, 0.05) is 24.2 Å². The number of aryl methyl sites for hydroxylation is 1. The second-order valence-corrected chi connectivity index (χ2v) is 6.96. The van der Waals surface area contributed by atoms with Crippen molar-refractivity contribution in [3.05, 3.63) is 65.0 Å². The van der Waals surface area contributed by atoms with Gasteiger partial charge in [0.15, 0.2) is 0 Å². The second kappa shape index (κ2) is 10.4. The molecule has 12 heteroatoms. The zero-order chi connectivity index (χ0) is 23.9. The van der Waals surface area contributed by atoms with Gasteiger partial charge in [-0.05, 0) is 31.0 Å². The number of nitrogens with zero attached hydrogens (tertiary/aromatic N) is 3. The number of ether oxygens (including phenoxy) is 1. The highest BCUT2D eigenvalue weighted by Crippen LogP contribution is 2.44. The van der Waals surface area contributed by atoms with Gasteiger partial charge < -0.3 is 16.3 Å². The second-order valence-electron chi connectivity index (χ2n) is 6.96. The van der Waals surface area contributed by atoms with Gasteiger partial charge in [0.1, 0.15) is 29.2 Å². The van der Waals surface area contributed by atoms with Crippen LogP contribution in [0.15, 0.2) is 41.6 Å². The minimum Gasteiger partial charge on any atom is -0.466 e. The van der Waals surface area contributed by atoms with Gasteiger partial charge in [0.25, 0.3) is 0 Å². The Balaban J connectivity index is 2.42. The molecule has 32 heavy (non-hydrogen) atoms. The van der Waals surface area contributed by atoms with Crippen molar-refractivity contribution >= 4 is 12.3 Å². The van der Waals surface area contributed by atoms with E-state index in [4.69, 9.17) is 22.2 Å². The summed E-state index contributed by atoms with van der Waals surface area (Å²) in [6.07, 6.45) is 2.26. The summed E-state index contributed by atoms with van der Waals surface area (Å²) in [5.41, 5.74) is 2.31. The first-order chi connectivity index (χ1) is 15.0. The number of hydrogen-bond donors (Lipinski definition) is 3. The number of esters is 1. The Bertz CT molecular complexity index is 958. The molecule has 0 aliphatic carbocycles. The lowest BCUT2D eigenvalue weighted by Gasteiger charge is -2.39. The van der Waals surface area contributed by atoms with E-state index in [1.807, 2.05) is 0 Å². The van der Waals surface area contributed by atoms with Gasteiger partial charge in [-0.2, -0.15) is 13.9 Å². The molecule has 0 aliphatic rings. The van der Waals surface area contributed by atoms with Crippen molar-refractivity contribution in [3.63, 3.8) is 0 Å². The Morgan fingerprint density at radius 2 is 2.00 bits per heavy atom. The van der Waals surface area contributed by atoms with Crippen LogP contribution < -0.4 is 17.4 Å². The van der Waals surface area contributed by atoms with Gasteiger partial charge >= 0.3 is 11.9 Å². The summed E-state index contributed by atoms with van der Waals surface area (Å²) in [6.45, 7) is 1.06. The van der Waals surface area contributed by atoms with Crippen molar-refractivity contribution in [1.29, 1.82) is 0 Å². The number of carbonyl (C=O) groups excluding carboxylic acids is 1. The minimum absolute atomic E-state index is 0.0490. The van der Waals surface area contributed by atoms with E-state index in [1.54, 1.807) is 6.92 Å². The quantitative estimate of drug-likeness (QED) is 0.124. The summed E-state index contributed by atoms with van der Waals surface area (Å²) in [4.78, 5) is 15.2. The molecule has 0 bridgehead atoms. The third kappa shape index (κ3) is 5.51. The Morgan fingerprint density at radius 3 is 2.56 bits per heavy atom. The number of carbonyl (C=O) groups is 1. The van der Waals surface area contributed by atoms with Crippen LogP contribution in [0.5, 0.6) is 0 Å². The van der Waals surface area contributed by atoms with Gasteiger partial charge in [-0.15, -0.1) is 0 Å². The molecule has 0 saturated carbocycles. The number of rotatable bonds is 10. The number of aromatic nitrogens is 1. The summed E-state index contributed by atoms with van der Waals surface area (Å²) in [7, 11) is 0. The van der Waals surface area contributed by atoms with Crippen LogP contribution >= 0.6 is 0 Å². The van der Waals surface area contributed by atoms with Gasteiger partial charge in [-0.1, -0.05) is 12.1 Å². The van der Waals surface area contributed by atoms with E-state index in [1.165, 1.54) is 6.07 Å². The number of pyridine rings is 1. The average Bonchev–Trinajstić information content (AvgIpc) is 2.72. The number of hydrazone groups is 1. The number of benzene rings is 1. The molecule has 8 nitrogen and oxygen atoms in total. The summed E-state index contributed by atoms with van der Waals surface area (Å²) >= 11 is 0. The van der Waals surface area contributed by atoms with Gasteiger partial charge in [-0.25, -0.2) is 14.6 Å². The highest BCUT2D eigenvalue weighted by molar-refractivity contribution is 5.69. The fraction of sp³-hybridized carbons (Fsp3) is 0.350. The Labute approximate surface area is 182 Å². The number of hydrazine groups is 1. The smallest absolute Gasteiger partial charge is 0.313 e. The molecule has 2 aromatic rings. The molecular formula is C20H24F4N6O2. The van der Waals surface area contributed by atoms with E-state index in [0.29, 0.717) is 16.6 Å². The van der Waals surface area contributed by atoms with Crippen molar-refractivity contribution in [2.45, 2.75) is 31.2 Å². The van der Waals surface area contributed by atoms with Gasteiger partial charge in [0.2, 0.25) is 0 Å². The average molecular weight is 456 g/mol. The maximum atomic E-state index is 15.6. The number of halogens is 4. The highest BCUT2D eigenvalue weighted by Gasteiger charge is 2.56. The van der Waals surface area contributed by atoms with Gasteiger partial charge in [0.05, 0.1) is 13.2 Å². The maximum absolute atomic E-state index is 15.6. The van der Waals surface area contributed by atoms with Crippen LogP contribution in [0.2, 0.25) is 0 Å². The van der Waals surface area contributed by atoms with Crippen LogP contribution in [0.1, 0.15) is 30.2 Å². The predicted molar refractivity (Wildman–Crippen MR) is 109 cm³/mol. The van der Waals surface area contributed by atoms with Gasteiger partial charge in [-0.3, -0.25) is 14.8 Å². The minimum atomic E-state index is -3.97. The third-order valence-electron chi connectivity index (χ3n) is 4.69. The van der Waals surface area contributed by atoms with E-state index in [-0.39, 0.29) is 19.4 Å². The van der Waals surface area contributed by atoms with Crippen molar-refractivity contribution in [3.8, 4) is 0 Å². The fourth-order valence-corrected chi connectivity index (χ4v) is 3.09. The van der Waals surface area contributed by atoms with Crippen LogP contribution in [0.25, 0.3) is 0 Å². The number of alkyl halides is 2. The fourth-order valence-electron chi connectivity index (χ4n) is 3.09. The van der Waals surface area contributed by atoms with Crippen LogP contribution in [0.3, 0.4) is 0 Å². The van der Waals surface area contributed by atoms with E-state index < -0.39 is 46.9 Å². The van der Waals surface area contributed by atoms with Crippen molar-refractivity contribution in [2.75, 3.05) is 13.2 Å². The molecule has 0 fully saturated rings. The lowest BCUT2D eigenvalue weighted by molar-refractivity contribution is -0.143. The summed E-state index contributed by atoms with van der Waals surface area (Å²) < 4.78 is 64.0. The molecular weight excluding hydrogens is 432 g/mol. The Kier molecular flexibility index (Phi) is 8.11. The summed E-state index contributed by atoms with van der Waals surface area (Å²) in [5.74, 6) is 3.96. The normalized spacial score (nSPS) is 13.7. The molecule has 174 valence electrons. The first kappa shape index (κ1) is 25.0. The van der Waals surface area contributed by atoms with Crippen LogP contribution in [0.4, 0.5) is 17.6 Å². The van der Waals surface area contributed by atoms with Crippen molar-refractivity contribution in [2.24, 2.45) is 22.5 Å². The van der Waals surface area contributed by atoms with Crippen LogP contribution in [0, 0.1) is 11.6 Å². The standard InChI is InChI=1S/C20H24F4N6O2/c1-2-32-18(31)8-4-13-3-7-17(28-10-13)20(23,24)19(25,11-30(27)12-29-26)15-6-5-14(21)9-16(15)22/h3,5-7,9-10,12H,2,4,8,11,25-27H2,1H3/b29-12-. The Hall–Kier alpha value is -3.25. The molecule has 2 rings (SSSR count). The van der Waals surface area contributed by atoms with E-state index in [0.717, 1.165) is 30.7 Å². The first-order valence-corrected chi connectivity index (χ1v) is 9.53. The summed E-state index contributed by atoms with van der Waals surface area (Å²) in [5, 5.41) is 3.79. The molecule has 0 spiro atoms. The van der Waals surface area contributed by atoms with Crippen LogP contribution in [-0.4, -0.2) is 35.5 Å². The molecule has 1 aromatic carbocycles. The summed E-state index contributed by atoms with van der Waals surface area (Å²) in [6, 6.07) is 4.43. The molecule has 0 aliphatic heterocycles. The maximum Gasteiger partial charge on any atom is 0.313 e. The first-order valence-electron chi connectivity index (χ1n) is 9.53. The van der Waals surface area contributed by atoms with Crippen LogP contribution in [-0.2, 0) is 27.4 Å². The predicted octanol–water partition coefficient (Wildman–Crippen LogP) is 1.88. The molecule has 6 N–H and O–H groups in total. The zero-order valence-electron chi connectivity index (χ0n) is 17.3. The van der Waals surface area contributed by atoms with E-state index in [2.05, 4.69) is 10.1 Å². The van der Waals surface area contributed by atoms with E-state index in [9.17, 15) is 13.6 Å². The zero-order valence-corrected chi connectivity index (χ0v) is 17.3. The number of nitrogens with two attached hydrogens (primary N) is 3. The van der Waals surface area contributed by atoms with E-state index >= 15 is 8.78 Å². The van der Waals surface area contributed by atoms with Crippen molar-refractivity contribution < 1.29 is 27.1 Å². The monoisotopic (exact) mass is 456 g/mol.